The van der Waals surface area contributed by atoms with Crippen molar-refractivity contribution in [1.29, 1.82) is 0 Å². The van der Waals surface area contributed by atoms with Gasteiger partial charge in [-0.05, 0) is 62.9 Å². The number of ether oxygens (including phenoxy) is 1. The molecule has 1 aliphatic carbocycles. The first-order chi connectivity index (χ1) is 11.7. The highest BCUT2D eigenvalue weighted by molar-refractivity contribution is 7.80. The lowest BCUT2D eigenvalue weighted by Crippen LogP contribution is -2.57. The second-order valence-corrected chi connectivity index (χ2v) is 7.82. The fraction of sp³-hybridized carbons (Fsp3) is 0.632. The summed E-state index contributed by atoms with van der Waals surface area (Å²) in [4.78, 5) is 2.85. The van der Waals surface area contributed by atoms with Crippen molar-refractivity contribution in [2.75, 3.05) is 12.4 Å². The number of nitrogens with one attached hydrogen (secondary N) is 2. The summed E-state index contributed by atoms with van der Waals surface area (Å²) in [7, 11) is 1.68. The van der Waals surface area contributed by atoms with Crippen LogP contribution in [0.3, 0.4) is 0 Å². The molecule has 130 valence electrons. The van der Waals surface area contributed by atoms with Crippen LogP contribution in [0.4, 0.5) is 5.69 Å². The van der Waals surface area contributed by atoms with Gasteiger partial charge < -0.3 is 15.4 Å². The fourth-order valence-electron chi connectivity index (χ4n) is 4.56. The Morgan fingerprint density at radius 1 is 1.12 bits per heavy atom. The molecule has 2 N–H and O–H groups in total. The van der Waals surface area contributed by atoms with Gasteiger partial charge in [-0.15, -0.1) is 0 Å². The van der Waals surface area contributed by atoms with E-state index in [2.05, 4.69) is 15.5 Å². The Labute approximate surface area is 149 Å². The smallest absolute Gasteiger partial charge is 0.170 e. The number of anilines is 1. The van der Waals surface area contributed by atoms with Crippen LogP contribution in [0.1, 0.15) is 44.9 Å². The molecule has 0 spiro atoms. The maximum Gasteiger partial charge on any atom is 0.170 e. The van der Waals surface area contributed by atoms with Crippen molar-refractivity contribution >= 4 is 23.0 Å². The molecule has 2 bridgehead atoms. The lowest BCUT2D eigenvalue weighted by molar-refractivity contribution is 0.0209. The monoisotopic (exact) mass is 345 g/mol. The van der Waals surface area contributed by atoms with Crippen molar-refractivity contribution in [2.24, 2.45) is 0 Å². The Balaban J connectivity index is 1.34. The summed E-state index contributed by atoms with van der Waals surface area (Å²) in [5.74, 6) is 0.843. The maximum absolute atomic E-state index is 5.54. The van der Waals surface area contributed by atoms with E-state index < -0.39 is 0 Å². The third kappa shape index (κ3) is 3.52. The van der Waals surface area contributed by atoms with E-state index in [4.69, 9.17) is 17.0 Å². The van der Waals surface area contributed by atoms with Gasteiger partial charge in [0, 0.05) is 35.9 Å². The lowest BCUT2D eigenvalue weighted by Gasteiger charge is -2.49. The molecular formula is C19H27N3OS. The number of fused-ring (bicyclic) bond motifs is 2. The van der Waals surface area contributed by atoms with Crippen LogP contribution in [0.5, 0.6) is 5.75 Å². The van der Waals surface area contributed by atoms with E-state index in [9.17, 15) is 0 Å². The van der Waals surface area contributed by atoms with Crippen molar-refractivity contribution in [2.45, 2.75) is 69.1 Å². The minimum absolute atomic E-state index is 0.501. The zero-order valence-corrected chi connectivity index (χ0v) is 15.1. The Kier molecular flexibility index (Phi) is 4.63. The molecule has 4 nitrogen and oxygen atoms in total. The first kappa shape index (κ1) is 16.2. The largest absolute Gasteiger partial charge is 0.497 e. The van der Waals surface area contributed by atoms with Gasteiger partial charge in [0.2, 0.25) is 0 Å². The van der Waals surface area contributed by atoms with E-state index in [0.717, 1.165) is 34.7 Å². The minimum Gasteiger partial charge on any atom is -0.497 e. The van der Waals surface area contributed by atoms with Crippen LogP contribution in [0.2, 0.25) is 0 Å². The highest BCUT2D eigenvalue weighted by Gasteiger charge is 2.44. The second kappa shape index (κ2) is 6.89. The van der Waals surface area contributed by atoms with Crippen molar-refractivity contribution in [3.63, 3.8) is 0 Å². The quantitative estimate of drug-likeness (QED) is 0.817. The van der Waals surface area contributed by atoms with E-state index in [0.29, 0.717) is 6.04 Å². The molecule has 4 rings (SSSR count). The molecule has 0 aromatic heterocycles. The molecular weight excluding hydrogens is 318 g/mol. The van der Waals surface area contributed by atoms with Crippen molar-refractivity contribution < 1.29 is 4.74 Å². The number of benzene rings is 1. The number of nitrogens with zero attached hydrogens (tertiary/aromatic N) is 1. The van der Waals surface area contributed by atoms with Crippen LogP contribution < -0.4 is 15.4 Å². The van der Waals surface area contributed by atoms with Gasteiger partial charge in [0.05, 0.1) is 7.11 Å². The summed E-state index contributed by atoms with van der Waals surface area (Å²) in [6.07, 6.45) is 9.42. The van der Waals surface area contributed by atoms with Crippen molar-refractivity contribution in [3.8, 4) is 5.75 Å². The Hall–Kier alpha value is -1.33. The van der Waals surface area contributed by atoms with Gasteiger partial charge in [-0.2, -0.15) is 0 Å². The number of hydrogen-bond donors (Lipinski definition) is 2. The lowest BCUT2D eigenvalue weighted by atomic mass is 9.81. The Bertz CT molecular complexity index is 590. The maximum atomic E-state index is 5.54. The average Bonchev–Trinajstić information content (AvgIpc) is 3.39. The van der Waals surface area contributed by atoms with Gasteiger partial charge in [-0.25, -0.2) is 0 Å². The van der Waals surface area contributed by atoms with E-state index in [-0.39, 0.29) is 0 Å². The van der Waals surface area contributed by atoms with Crippen LogP contribution >= 0.6 is 12.2 Å². The summed E-state index contributed by atoms with van der Waals surface area (Å²) < 4.78 is 5.27. The third-order valence-corrected chi connectivity index (χ3v) is 5.88. The molecule has 1 aromatic rings. The van der Waals surface area contributed by atoms with Crippen molar-refractivity contribution in [3.05, 3.63) is 24.3 Å². The van der Waals surface area contributed by atoms with Crippen LogP contribution in [0, 0.1) is 0 Å². The highest BCUT2D eigenvalue weighted by Crippen LogP contribution is 2.41. The molecule has 0 radical (unpaired) electrons. The molecule has 3 aliphatic rings. The standard InChI is InChI=1S/C19H27N3OS/c1-23-18-7-2-4-13(12-18)20-19(24)21-14-10-16-5-3-6-17(11-14)22(16)15-8-9-15/h2,4,7,12,14-17H,3,5-6,8-11H2,1H3,(H2,20,21,24)/t16-,17-/m1/s1. The zero-order chi connectivity index (χ0) is 16.5. The van der Waals surface area contributed by atoms with Crippen LogP contribution in [0.15, 0.2) is 24.3 Å². The van der Waals surface area contributed by atoms with Gasteiger partial charge in [-0.3, -0.25) is 4.90 Å². The summed E-state index contributed by atoms with van der Waals surface area (Å²) in [5, 5.41) is 7.60. The molecule has 2 aliphatic heterocycles. The molecule has 0 unspecified atom stereocenters. The normalized spacial score (nSPS) is 29.8. The summed E-state index contributed by atoms with van der Waals surface area (Å²) >= 11 is 5.54. The number of hydrogen-bond acceptors (Lipinski definition) is 3. The molecule has 0 amide bonds. The van der Waals surface area contributed by atoms with Gasteiger partial charge in [0.25, 0.3) is 0 Å². The molecule has 2 atom stereocenters. The van der Waals surface area contributed by atoms with Gasteiger partial charge in [0.15, 0.2) is 5.11 Å². The molecule has 24 heavy (non-hydrogen) atoms. The summed E-state index contributed by atoms with van der Waals surface area (Å²) in [6.45, 7) is 0. The van der Waals surface area contributed by atoms with Gasteiger partial charge in [-0.1, -0.05) is 12.5 Å². The van der Waals surface area contributed by atoms with E-state index in [1.54, 1.807) is 7.11 Å². The SMILES string of the molecule is COc1cccc(NC(=S)NC2C[C@H]3CCC[C@H](C2)N3C2CC2)c1. The first-order valence-electron chi connectivity index (χ1n) is 9.22. The third-order valence-electron chi connectivity index (χ3n) is 5.66. The molecule has 1 aromatic carbocycles. The van der Waals surface area contributed by atoms with E-state index >= 15 is 0 Å². The Morgan fingerprint density at radius 2 is 1.88 bits per heavy atom. The molecule has 1 saturated carbocycles. The van der Waals surface area contributed by atoms with E-state index in [1.807, 2.05) is 24.3 Å². The number of methoxy groups -OCH3 is 1. The summed E-state index contributed by atoms with van der Waals surface area (Å²) in [6, 6.07) is 10.8. The minimum atomic E-state index is 0.501. The molecule has 2 saturated heterocycles. The first-order valence-corrected chi connectivity index (χ1v) is 9.63. The van der Waals surface area contributed by atoms with Crippen LogP contribution in [-0.2, 0) is 0 Å². The topological polar surface area (TPSA) is 36.5 Å². The van der Waals surface area contributed by atoms with Gasteiger partial charge in [0.1, 0.15) is 5.75 Å². The highest BCUT2D eigenvalue weighted by atomic mass is 32.1. The average molecular weight is 346 g/mol. The number of piperidine rings is 2. The predicted octanol–water partition coefficient (Wildman–Crippen LogP) is 3.53. The fourth-order valence-corrected chi connectivity index (χ4v) is 4.84. The second-order valence-electron chi connectivity index (χ2n) is 7.42. The predicted molar refractivity (Wildman–Crippen MR) is 102 cm³/mol. The van der Waals surface area contributed by atoms with Crippen LogP contribution in [-0.4, -0.2) is 41.3 Å². The zero-order valence-electron chi connectivity index (χ0n) is 14.3. The summed E-state index contributed by atoms with van der Waals surface area (Å²) in [5.41, 5.74) is 0.975. The molecule has 5 heteroatoms. The van der Waals surface area contributed by atoms with Crippen LogP contribution in [0.25, 0.3) is 0 Å². The van der Waals surface area contributed by atoms with Gasteiger partial charge >= 0.3 is 0 Å². The Morgan fingerprint density at radius 3 is 2.54 bits per heavy atom. The molecule has 2 heterocycles. The van der Waals surface area contributed by atoms with E-state index in [1.165, 1.54) is 44.9 Å². The number of rotatable bonds is 4. The molecule has 3 fully saturated rings. The van der Waals surface area contributed by atoms with Crippen molar-refractivity contribution in [1.82, 2.24) is 10.2 Å². The number of thiocarbonyl (C=S) groups is 1.